The number of hydrogen-bond donors (Lipinski definition) is 1. The number of anilines is 1. The van der Waals surface area contributed by atoms with Gasteiger partial charge in [-0.05, 0) is 6.92 Å². The molecular formula is C8H11N5S. The smallest absolute Gasteiger partial charge is 0.205 e. The Morgan fingerprint density at radius 2 is 2.43 bits per heavy atom. The molecule has 2 heterocycles. The maximum Gasteiger partial charge on any atom is 0.205 e. The van der Waals surface area contributed by atoms with E-state index in [0.717, 1.165) is 11.7 Å². The van der Waals surface area contributed by atoms with Crippen LogP contribution in [0, 0.1) is 6.92 Å². The van der Waals surface area contributed by atoms with Crippen LogP contribution in [0.15, 0.2) is 11.7 Å². The van der Waals surface area contributed by atoms with E-state index in [2.05, 4.69) is 20.6 Å². The Labute approximate surface area is 85.8 Å². The van der Waals surface area contributed by atoms with E-state index in [9.17, 15) is 0 Å². The number of hydrogen-bond acceptors (Lipinski definition) is 5. The fourth-order valence-corrected chi connectivity index (χ4v) is 1.58. The number of nitrogens with one attached hydrogen (secondary N) is 1. The fourth-order valence-electron chi connectivity index (χ4n) is 1.14. The summed E-state index contributed by atoms with van der Waals surface area (Å²) in [4.78, 5) is 0. The number of aryl methyl sites for hydroxylation is 1. The van der Waals surface area contributed by atoms with Crippen LogP contribution in [0.5, 0.6) is 0 Å². The lowest BCUT2D eigenvalue weighted by Gasteiger charge is -2.00. The molecule has 74 valence electrons. The van der Waals surface area contributed by atoms with Crippen LogP contribution >= 0.6 is 11.3 Å². The van der Waals surface area contributed by atoms with E-state index in [4.69, 9.17) is 0 Å². The molecule has 0 unspecified atom stereocenters. The van der Waals surface area contributed by atoms with Crippen LogP contribution in [-0.4, -0.2) is 20.0 Å². The van der Waals surface area contributed by atoms with Crippen molar-refractivity contribution < 1.29 is 0 Å². The van der Waals surface area contributed by atoms with E-state index in [1.165, 1.54) is 22.6 Å². The largest absolute Gasteiger partial charge is 0.356 e. The molecule has 2 rings (SSSR count). The quantitative estimate of drug-likeness (QED) is 0.825. The molecule has 0 aliphatic heterocycles. The van der Waals surface area contributed by atoms with Gasteiger partial charge in [0.2, 0.25) is 5.13 Å². The summed E-state index contributed by atoms with van der Waals surface area (Å²) in [5.74, 6) is 0. The van der Waals surface area contributed by atoms with Crippen molar-refractivity contribution in [1.29, 1.82) is 0 Å². The Bertz CT molecular complexity index is 405. The average Bonchev–Trinajstić information content (AvgIpc) is 2.77. The number of rotatable bonds is 3. The molecular weight excluding hydrogens is 198 g/mol. The summed E-state index contributed by atoms with van der Waals surface area (Å²) in [5.41, 5.74) is 4.06. The van der Waals surface area contributed by atoms with E-state index in [0.29, 0.717) is 0 Å². The van der Waals surface area contributed by atoms with Crippen LogP contribution in [0.1, 0.15) is 11.3 Å². The second kappa shape index (κ2) is 3.75. The second-order valence-corrected chi connectivity index (χ2v) is 3.81. The van der Waals surface area contributed by atoms with Gasteiger partial charge < -0.3 is 5.32 Å². The molecule has 0 aliphatic carbocycles. The van der Waals surface area contributed by atoms with Crippen molar-refractivity contribution in [2.45, 2.75) is 13.5 Å². The van der Waals surface area contributed by atoms with Crippen molar-refractivity contribution in [1.82, 2.24) is 20.0 Å². The maximum absolute atomic E-state index is 4.16. The van der Waals surface area contributed by atoms with Crippen molar-refractivity contribution in [3.63, 3.8) is 0 Å². The summed E-state index contributed by atoms with van der Waals surface area (Å²) in [7, 11) is 1.93. The summed E-state index contributed by atoms with van der Waals surface area (Å²) in [6.07, 6.45) is 1.86. The normalized spacial score (nSPS) is 10.4. The Hall–Kier alpha value is -1.43. The molecule has 2 aromatic rings. The standard InChI is InChI=1S/C8H11N5S/c1-6-7(4-11-13(6)2)3-9-8-12-10-5-14-8/h4-5H,3H2,1-2H3,(H,9,12). The fraction of sp³-hybridized carbons (Fsp3) is 0.375. The third-order valence-electron chi connectivity index (χ3n) is 2.13. The second-order valence-electron chi connectivity index (χ2n) is 2.98. The average molecular weight is 209 g/mol. The van der Waals surface area contributed by atoms with Gasteiger partial charge in [0, 0.05) is 24.8 Å². The van der Waals surface area contributed by atoms with Gasteiger partial charge in [0.1, 0.15) is 5.51 Å². The molecule has 0 saturated carbocycles. The highest BCUT2D eigenvalue weighted by Crippen LogP contribution is 2.12. The van der Waals surface area contributed by atoms with Crippen LogP contribution < -0.4 is 5.32 Å². The lowest BCUT2D eigenvalue weighted by Crippen LogP contribution is -2.01. The predicted molar refractivity (Wildman–Crippen MR) is 55.2 cm³/mol. The first-order valence-corrected chi connectivity index (χ1v) is 5.13. The van der Waals surface area contributed by atoms with E-state index >= 15 is 0 Å². The molecule has 0 fully saturated rings. The van der Waals surface area contributed by atoms with Gasteiger partial charge in [-0.15, -0.1) is 10.2 Å². The van der Waals surface area contributed by atoms with Gasteiger partial charge >= 0.3 is 0 Å². The highest BCUT2D eigenvalue weighted by atomic mass is 32.1. The molecule has 0 atom stereocenters. The molecule has 0 bridgehead atoms. The highest BCUT2D eigenvalue weighted by Gasteiger charge is 2.03. The van der Waals surface area contributed by atoms with Crippen LogP contribution in [0.2, 0.25) is 0 Å². The molecule has 0 aromatic carbocycles. The SMILES string of the molecule is Cc1c(CNc2nncs2)cnn1C. The molecule has 0 radical (unpaired) electrons. The number of nitrogens with zero attached hydrogens (tertiary/aromatic N) is 4. The van der Waals surface area contributed by atoms with Gasteiger partial charge in [0.15, 0.2) is 0 Å². The molecule has 1 N–H and O–H groups in total. The van der Waals surface area contributed by atoms with Crippen molar-refractivity contribution >= 4 is 16.5 Å². The molecule has 5 nitrogen and oxygen atoms in total. The van der Waals surface area contributed by atoms with Gasteiger partial charge in [-0.25, -0.2) is 0 Å². The van der Waals surface area contributed by atoms with E-state index in [-0.39, 0.29) is 0 Å². The first-order chi connectivity index (χ1) is 6.77. The lowest BCUT2D eigenvalue weighted by atomic mass is 10.2. The number of aromatic nitrogens is 4. The van der Waals surface area contributed by atoms with Gasteiger partial charge in [-0.1, -0.05) is 11.3 Å². The molecule has 0 saturated heterocycles. The molecule has 14 heavy (non-hydrogen) atoms. The molecule has 0 spiro atoms. The third kappa shape index (κ3) is 1.74. The summed E-state index contributed by atoms with van der Waals surface area (Å²) in [6, 6.07) is 0. The summed E-state index contributed by atoms with van der Waals surface area (Å²) >= 11 is 1.49. The first-order valence-electron chi connectivity index (χ1n) is 4.25. The predicted octanol–water partition coefficient (Wildman–Crippen LogP) is 1.19. The van der Waals surface area contributed by atoms with Crippen LogP contribution in [-0.2, 0) is 13.6 Å². The Morgan fingerprint density at radius 3 is 3.00 bits per heavy atom. The Kier molecular flexibility index (Phi) is 2.45. The minimum atomic E-state index is 0.745. The third-order valence-corrected chi connectivity index (χ3v) is 2.78. The zero-order chi connectivity index (χ0) is 9.97. The van der Waals surface area contributed by atoms with Crippen molar-refractivity contribution in [3.8, 4) is 0 Å². The van der Waals surface area contributed by atoms with Crippen LogP contribution in [0.25, 0.3) is 0 Å². The Balaban J connectivity index is 2.02. The van der Waals surface area contributed by atoms with Crippen molar-refractivity contribution in [2.24, 2.45) is 7.05 Å². The summed E-state index contributed by atoms with van der Waals surface area (Å²) in [5, 5.41) is 15.8. The van der Waals surface area contributed by atoms with Gasteiger partial charge in [-0.2, -0.15) is 5.10 Å². The minimum Gasteiger partial charge on any atom is -0.356 e. The Morgan fingerprint density at radius 1 is 1.57 bits per heavy atom. The summed E-state index contributed by atoms with van der Waals surface area (Å²) < 4.78 is 1.86. The van der Waals surface area contributed by atoms with Gasteiger partial charge in [0.05, 0.1) is 6.20 Å². The maximum atomic E-state index is 4.16. The summed E-state index contributed by atoms with van der Waals surface area (Å²) in [6.45, 7) is 2.79. The monoisotopic (exact) mass is 209 g/mol. The molecule has 2 aromatic heterocycles. The van der Waals surface area contributed by atoms with Gasteiger partial charge in [-0.3, -0.25) is 4.68 Å². The zero-order valence-electron chi connectivity index (χ0n) is 8.06. The molecule has 0 amide bonds. The minimum absolute atomic E-state index is 0.745. The molecule has 6 heteroatoms. The van der Waals surface area contributed by atoms with E-state index in [1.54, 1.807) is 5.51 Å². The van der Waals surface area contributed by atoms with Gasteiger partial charge in [0.25, 0.3) is 0 Å². The van der Waals surface area contributed by atoms with Crippen LogP contribution in [0.4, 0.5) is 5.13 Å². The molecule has 0 aliphatic rings. The first kappa shape index (κ1) is 9.14. The van der Waals surface area contributed by atoms with Crippen molar-refractivity contribution in [2.75, 3.05) is 5.32 Å². The topological polar surface area (TPSA) is 55.6 Å². The zero-order valence-corrected chi connectivity index (χ0v) is 8.88. The highest BCUT2D eigenvalue weighted by molar-refractivity contribution is 7.13. The van der Waals surface area contributed by atoms with Crippen LogP contribution in [0.3, 0.4) is 0 Å². The van der Waals surface area contributed by atoms with Crippen molar-refractivity contribution in [3.05, 3.63) is 23.0 Å². The van der Waals surface area contributed by atoms with E-state index < -0.39 is 0 Å². The lowest BCUT2D eigenvalue weighted by molar-refractivity contribution is 0.738. The van der Waals surface area contributed by atoms with E-state index in [1.807, 2.05) is 24.9 Å².